The summed E-state index contributed by atoms with van der Waals surface area (Å²) in [5, 5.41) is 2.97. The summed E-state index contributed by atoms with van der Waals surface area (Å²) in [5.74, 6) is 0.668. The lowest BCUT2D eigenvalue weighted by Crippen LogP contribution is -2.41. The van der Waals surface area contributed by atoms with E-state index in [4.69, 9.17) is 16.3 Å². The summed E-state index contributed by atoms with van der Waals surface area (Å²) < 4.78 is 5.89. The average molecular weight is 481 g/mol. The highest BCUT2D eigenvalue weighted by Crippen LogP contribution is 2.30. The van der Waals surface area contributed by atoms with Crippen LogP contribution >= 0.6 is 22.9 Å². The van der Waals surface area contributed by atoms with Gasteiger partial charge in [0, 0.05) is 18.8 Å². The average Bonchev–Trinajstić information content (AvgIpc) is 3.44. The lowest BCUT2D eigenvalue weighted by molar-refractivity contribution is -0.125. The molecular weight excluding hydrogens is 460 g/mol. The maximum absolute atomic E-state index is 12.5. The Kier molecular flexibility index (Phi) is 6.13. The van der Waals surface area contributed by atoms with Gasteiger partial charge in [0.2, 0.25) is 5.91 Å². The Balaban J connectivity index is 1.19. The molecule has 2 N–H and O–H groups in total. The number of carbonyl (C=O) groups is 2. The first-order chi connectivity index (χ1) is 16.0. The number of hydrogen-bond donors (Lipinski definition) is 2. The molecule has 0 saturated carbocycles. The van der Waals surface area contributed by atoms with Crippen LogP contribution in [0.4, 0.5) is 5.69 Å². The summed E-state index contributed by atoms with van der Waals surface area (Å²) in [6.07, 6.45) is 0.271. The van der Waals surface area contributed by atoms with Gasteiger partial charge in [0.25, 0.3) is 5.91 Å². The number of aromatic amines is 1. The molecule has 0 aliphatic carbocycles. The van der Waals surface area contributed by atoms with Crippen LogP contribution in [0.1, 0.15) is 11.1 Å². The van der Waals surface area contributed by atoms with E-state index in [1.807, 2.05) is 54.6 Å². The molecule has 1 fully saturated rings. The number of nitrogens with zero attached hydrogens (tertiary/aromatic N) is 2. The molecule has 2 amide bonds. The lowest BCUT2D eigenvalue weighted by atomic mass is 10.1. The van der Waals surface area contributed by atoms with Crippen LogP contribution < -0.4 is 10.2 Å². The van der Waals surface area contributed by atoms with Crippen molar-refractivity contribution >= 4 is 51.5 Å². The molecule has 0 bridgehead atoms. The van der Waals surface area contributed by atoms with Crippen molar-refractivity contribution in [3.8, 4) is 10.7 Å². The van der Waals surface area contributed by atoms with Crippen LogP contribution in [0.5, 0.6) is 0 Å². The minimum absolute atomic E-state index is 0.0488. The van der Waals surface area contributed by atoms with E-state index >= 15 is 0 Å². The quantitative estimate of drug-likeness (QED) is 0.433. The maximum Gasteiger partial charge on any atom is 0.253 e. The van der Waals surface area contributed by atoms with Gasteiger partial charge in [-0.1, -0.05) is 29.8 Å². The molecule has 1 aliphatic heterocycles. The Morgan fingerprint density at radius 1 is 1.15 bits per heavy atom. The molecule has 33 heavy (non-hydrogen) atoms. The fourth-order valence-electron chi connectivity index (χ4n) is 3.76. The van der Waals surface area contributed by atoms with E-state index < -0.39 is 0 Å². The number of morpholine rings is 1. The van der Waals surface area contributed by atoms with Gasteiger partial charge in [0.1, 0.15) is 12.4 Å². The van der Waals surface area contributed by atoms with Crippen LogP contribution in [-0.4, -0.2) is 41.5 Å². The smallest absolute Gasteiger partial charge is 0.253 e. The van der Waals surface area contributed by atoms with E-state index in [-0.39, 0.29) is 24.8 Å². The molecule has 1 saturated heterocycles. The standard InChI is InChI=1S/C24H21ClN4O3S/c25-21-8-7-20(33-21)24-27-18-6-3-16(11-19(18)28-24)13-26-22(30)12-15-1-4-17(5-2-15)29-9-10-32-14-23(29)31/h1-8,11H,9-10,12-14H2,(H,26,30)(H,27,28). The molecule has 0 radical (unpaired) electrons. The number of aromatic nitrogens is 2. The summed E-state index contributed by atoms with van der Waals surface area (Å²) in [7, 11) is 0. The van der Waals surface area contributed by atoms with Crippen molar-refractivity contribution in [1.82, 2.24) is 15.3 Å². The molecule has 0 atom stereocenters. The number of fused-ring (bicyclic) bond motifs is 1. The predicted octanol–water partition coefficient (Wildman–Crippen LogP) is 4.17. The number of nitrogens with one attached hydrogen (secondary N) is 2. The van der Waals surface area contributed by atoms with Gasteiger partial charge in [0.15, 0.2) is 0 Å². The van der Waals surface area contributed by atoms with E-state index in [9.17, 15) is 9.59 Å². The molecule has 5 rings (SSSR count). The van der Waals surface area contributed by atoms with Gasteiger partial charge in [0.05, 0.1) is 33.3 Å². The van der Waals surface area contributed by atoms with Crippen LogP contribution in [-0.2, 0) is 27.3 Å². The molecule has 2 aromatic carbocycles. The number of rotatable bonds is 6. The fraction of sp³-hybridized carbons (Fsp3) is 0.208. The second-order valence-electron chi connectivity index (χ2n) is 7.76. The molecular formula is C24H21ClN4O3S. The van der Waals surface area contributed by atoms with E-state index in [1.165, 1.54) is 11.3 Å². The first kappa shape index (κ1) is 21.6. The number of imidazole rings is 1. The van der Waals surface area contributed by atoms with E-state index in [1.54, 1.807) is 4.90 Å². The number of carbonyl (C=O) groups excluding carboxylic acids is 2. The summed E-state index contributed by atoms with van der Waals surface area (Å²) in [5.41, 5.74) is 4.47. The van der Waals surface area contributed by atoms with Gasteiger partial charge < -0.3 is 19.9 Å². The Bertz CT molecular complexity index is 1320. The highest BCUT2D eigenvalue weighted by Gasteiger charge is 2.20. The maximum atomic E-state index is 12.5. The van der Waals surface area contributed by atoms with Gasteiger partial charge in [-0.2, -0.15) is 0 Å². The number of halogens is 1. The number of benzene rings is 2. The van der Waals surface area contributed by atoms with Gasteiger partial charge >= 0.3 is 0 Å². The summed E-state index contributed by atoms with van der Waals surface area (Å²) >= 11 is 7.50. The van der Waals surface area contributed by atoms with E-state index in [2.05, 4.69) is 15.3 Å². The van der Waals surface area contributed by atoms with Crippen LogP contribution in [0.15, 0.2) is 54.6 Å². The van der Waals surface area contributed by atoms with Gasteiger partial charge in [-0.15, -0.1) is 11.3 Å². The summed E-state index contributed by atoms with van der Waals surface area (Å²) in [4.78, 5) is 35.0. The number of anilines is 1. The second-order valence-corrected chi connectivity index (χ2v) is 9.47. The second kappa shape index (κ2) is 9.35. The van der Waals surface area contributed by atoms with Crippen molar-refractivity contribution in [2.75, 3.05) is 24.7 Å². The Hall–Kier alpha value is -3.20. The van der Waals surface area contributed by atoms with E-state index in [0.29, 0.717) is 19.7 Å². The SMILES string of the molecule is O=C(Cc1ccc(N2CCOCC2=O)cc1)NCc1ccc2nc(-c3ccc(Cl)s3)[nH]c2c1. The highest BCUT2D eigenvalue weighted by atomic mass is 35.5. The van der Waals surface area contributed by atoms with Crippen LogP contribution in [0.3, 0.4) is 0 Å². The molecule has 1 aliphatic rings. The number of hydrogen-bond acceptors (Lipinski definition) is 5. The van der Waals surface area contributed by atoms with Crippen molar-refractivity contribution in [3.63, 3.8) is 0 Å². The third-order valence-corrected chi connectivity index (χ3v) is 6.68. The number of H-pyrrole nitrogens is 1. The number of ether oxygens (including phenoxy) is 1. The number of thiophene rings is 1. The minimum atomic E-state index is -0.0659. The van der Waals surface area contributed by atoms with Crippen molar-refractivity contribution < 1.29 is 14.3 Å². The Morgan fingerprint density at radius 2 is 1.97 bits per heavy atom. The summed E-state index contributed by atoms with van der Waals surface area (Å²) in [6.45, 7) is 1.61. The van der Waals surface area contributed by atoms with Crippen LogP contribution in [0.25, 0.3) is 21.7 Å². The van der Waals surface area contributed by atoms with Crippen molar-refractivity contribution in [3.05, 3.63) is 70.1 Å². The van der Waals surface area contributed by atoms with Crippen molar-refractivity contribution in [1.29, 1.82) is 0 Å². The zero-order valence-electron chi connectivity index (χ0n) is 17.6. The van der Waals surface area contributed by atoms with Crippen molar-refractivity contribution in [2.24, 2.45) is 0 Å². The van der Waals surface area contributed by atoms with Crippen LogP contribution in [0.2, 0.25) is 4.34 Å². The molecule has 0 unspecified atom stereocenters. The molecule has 3 heterocycles. The molecule has 168 valence electrons. The van der Waals surface area contributed by atoms with Crippen molar-refractivity contribution in [2.45, 2.75) is 13.0 Å². The minimum Gasteiger partial charge on any atom is -0.370 e. The topological polar surface area (TPSA) is 87.3 Å². The lowest BCUT2D eigenvalue weighted by Gasteiger charge is -2.26. The first-order valence-electron chi connectivity index (χ1n) is 10.5. The third kappa shape index (κ3) is 4.93. The Morgan fingerprint density at radius 3 is 2.73 bits per heavy atom. The van der Waals surface area contributed by atoms with E-state index in [0.717, 1.165) is 42.9 Å². The summed E-state index contributed by atoms with van der Waals surface area (Å²) in [6, 6.07) is 17.2. The molecule has 9 heteroatoms. The normalized spacial score (nSPS) is 14.1. The zero-order chi connectivity index (χ0) is 22.8. The predicted molar refractivity (Wildman–Crippen MR) is 130 cm³/mol. The fourth-order valence-corrected chi connectivity index (χ4v) is 4.75. The van der Waals surface area contributed by atoms with Gasteiger partial charge in [-0.25, -0.2) is 4.98 Å². The molecule has 0 spiro atoms. The third-order valence-electron chi connectivity index (χ3n) is 5.44. The van der Waals surface area contributed by atoms with Gasteiger partial charge in [-0.3, -0.25) is 9.59 Å². The number of amides is 2. The highest BCUT2D eigenvalue weighted by molar-refractivity contribution is 7.19. The Labute approximate surface area is 199 Å². The molecule has 2 aromatic heterocycles. The monoisotopic (exact) mass is 480 g/mol. The van der Waals surface area contributed by atoms with Crippen LogP contribution in [0, 0.1) is 0 Å². The molecule has 7 nitrogen and oxygen atoms in total. The molecule has 4 aromatic rings. The van der Waals surface area contributed by atoms with Gasteiger partial charge in [-0.05, 0) is 47.5 Å². The largest absolute Gasteiger partial charge is 0.370 e. The zero-order valence-corrected chi connectivity index (χ0v) is 19.2. The first-order valence-corrected chi connectivity index (χ1v) is 11.7.